The van der Waals surface area contributed by atoms with Crippen molar-refractivity contribution in [2.75, 3.05) is 0 Å². The first-order valence-corrected chi connectivity index (χ1v) is 11.6. The average molecular weight is 515 g/mol. The Morgan fingerprint density at radius 2 is 1.89 bits per heavy atom. The molecule has 2 aromatic carbocycles. The van der Waals surface area contributed by atoms with E-state index in [0.717, 1.165) is 16.7 Å². The van der Waals surface area contributed by atoms with Crippen LogP contribution in [0.3, 0.4) is 0 Å². The first-order chi connectivity index (χ1) is 18.3. The third-order valence-corrected chi connectivity index (χ3v) is 6.50. The normalized spacial score (nSPS) is 14.0. The number of primary amides is 1. The van der Waals surface area contributed by atoms with E-state index in [0.29, 0.717) is 28.2 Å². The summed E-state index contributed by atoms with van der Waals surface area (Å²) in [4.78, 5) is 30.5. The Morgan fingerprint density at radius 1 is 1.11 bits per heavy atom. The second kappa shape index (κ2) is 8.80. The number of benzene rings is 2. The van der Waals surface area contributed by atoms with Crippen LogP contribution in [-0.4, -0.2) is 25.4 Å². The van der Waals surface area contributed by atoms with Crippen LogP contribution in [0, 0.1) is 11.6 Å². The van der Waals surface area contributed by atoms with Gasteiger partial charge in [0, 0.05) is 35.9 Å². The van der Waals surface area contributed by atoms with E-state index in [9.17, 15) is 18.4 Å². The number of carbonyl (C=O) groups excluding carboxylic acids is 1. The average Bonchev–Trinajstić information content (AvgIpc) is 3.43. The van der Waals surface area contributed by atoms with Crippen LogP contribution in [0.2, 0.25) is 0 Å². The maximum atomic E-state index is 14.1. The summed E-state index contributed by atoms with van der Waals surface area (Å²) in [7, 11) is 0. The van der Waals surface area contributed by atoms with Crippen LogP contribution in [0.5, 0.6) is 5.75 Å². The second-order valence-electron chi connectivity index (χ2n) is 8.89. The molecule has 0 radical (unpaired) electrons. The van der Waals surface area contributed by atoms with Crippen LogP contribution in [0.1, 0.15) is 51.2 Å². The zero-order chi connectivity index (χ0) is 26.6. The van der Waals surface area contributed by atoms with E-state index in [1.54, 1.807) is 17.4 Å². The molecule has 1 aliphatic rings. The summed E-state index contributed by atoms with van der Waals surface area (Å²) in [5.41, 5.74) is 10.7. The van der Waals surface area contributed by atoms with Crippen molar-refractivity contribution in [3.8, 4) is 5.75 Å². The SMILES string of the molecule is CC(=C1c2ccc(Cc3c(C(N)=O)nc4cc(F)ccn34)cc2COc2cc(F)ccc21)c1noc(=O)[nH]1. The highest BCUT2D eigenvalue weighted by molar-refractivity contribution is 5.99. The molecule has 0 spiro atoms. The van der Waals surface area contributed by atoms with Gasteiger partial charge in [-0.25, -0.2) is 18.6 Å². The van der Waals surface area contributed by atoms with Gasteiger partial charge in [0.05, 0.1) is 5.69 Å². The number of nitrogens with one attached hydrogen (secondary N) is 1. The quantitative estimate of drug-likeness (QED) is 0.374. The molecule has 0 bridgehead atoms. The van der Waals surface area contributed by atoms with Gasteiger partial charge in [-0.15, -0.1) is 0 Å². The van der Waals surface area contributed by atoms with Crippen LogP contribution in [0.25, 0.3) is 16.8 Å². The molecule has 1 amide bonds. The molecule has 0 saturated carbocycles. The summed E-state index contributed by atoms with van der Waals surface area (Å²) in [5, 5.41) is 3.82. The highest BCUT2D eigenvalue weighted by atomic mass is 19.1. The number of ether oxygens (including phenoxy) is 1. The minimum Gasteiger partial charge on any atom is -0.488 e. The van der Waals surface area contributed by atoms with Crippen molar-refractivity contribution in [2.24, 2.45) is 5.73 Å². The molecule has 0 unspecified atom stereocenters. The van der Waals surface area contributed by atoms with E-state index in [1.807, 2.05) is 18.2 Å². The van der Waals surface area contributed by atoms with E-state index < -0.39 is 23.3 Å². The van der Waals surface area contributed by atoms with Crippen molar-refractivity contribution >= 4 is 22.7 Å². The Bertz CT molecular complexity index is 1850. The second-order valence-corrected chi connectivity index (χ2v) is 8.89. The Hall–Kier alpha value is -5.06. The molecule has 11 heteroatoms. The monoisotopic (exact) mass is 515 g/mol. The maximum Gasteiger partial charge on any atom is 0.439 e. The minimum absolute atomic E-state index is 0.0519. The van der Waals surface area contributed by atoms with Gasteiger partial charge < -0.3 is 14.9 Å². The molecule has 0 saturated heterocycles. The molecule has 1 aliphatic heterocycles. The van der Waals surface area contributed by atoms with E-state index in [-0.39, 0.29) is 30.2 Å². The fourth-order valence-corrected chi connectivity index (χ4v) is 4.79. The molecule has 190 valence electrons. The molecule has 0 atom stereocenters. The van der Waals surface area contributed by atoms with Gasteiger partial charge in [0.25, 0.3) is 5.91 Å². The fourth-order valence-electron chi connectivity index (χ4n) is 4.79. The number of hydrogen-bond acceptors (Lipinski definition) is 6. The van der Waals surface area contributed by atoms with Gasteiger partial charge in [-0.05, 0) is 47.4 Å². The minimum atomic E-state index is -0.720. The predicted octanol–water partition coefficient (Wildman–Crippen LogP) is 3.85. The van der Waals surface area contributed by atoms with Crippen molar-refractivity contribution in [3.63, 3.8) is 0 Å². The number of hydrogen-bond donors (Lipinski definition) is 2. The zero-order valence-corrected chi connectivity index (χ0v) is 19.9. The number of allylic oxidation sites excluding steroid dienone is 1. The van der Waals surface area contributed by atoms with Crippen molar-refractivity contribution in [3.05, 3.63) is 116 Å². The molecule has 9 nitrogen and oxygen atoms in total. The molecular formula is C27H19F2N5O4. The molecule has 6 rings (SSSR count). The largest absolute Gasteiger partial charge is 0.488 e. The lowest BCUT2D eigenvalue weighted by Crippen LogP contribution is -2.14. The van der Waals surface area contributed by atoms with Crippen LogP contribution in [0.15, 0.2) is 64.0 Å². The highest BCUT2D eigenvalue weighted by Gasteiger charge is 2.25. The van der Waals surface area contributed by atoms with E-state index in [1.165, 1.54) is 30.5 Å². The summed E-state index contributed by atoms with van der Waals surface area (Å²) < 4.78 is 40.2. The Labute approximate surface area is 213 Å². The number of aromatic nitrogens is 4. The Balaban J connectivity index is 1.49. The number of imidazole rings is 1. The molecule has 3 N–H and O–H groups in total. The number of rotatable bonds is 4. The van der Waals surface area contributed by atoms with Gasteiger partial charge in [-0.1, -0.05) is 23.4 Å². The predicted molar refractivity (Wildman–Crippen MR) is 132 cm³/mol. The molecule has 3 aromatic heterocycles. The van der Waals surface area contributed by atoms with Gasteiger partial charge in [0.1, 0.15) is 29.6 Å². The summed E-state index contributed by atoms with van der Waals surface area (Å²) >= 11 is 0. The van der Waals surface area contributed by atoms with Crippen molar-refractivity contribution < 1.29 is 22.8 Å². The highest BCUT2D eigenvalue weighted by Crippen LogP contribution is 2.41. The van der Waals surface area contributed by atoms with Crippen molar-refractivity contribution in [1.82, 2.24) is 19.5 Å². The van der Waals surface area contributed by atoms with Crippen LogP contribution < -0.4 is 16.2 Å². The van der Waals surface area contributed by atoms with Crippen LogP contribution in [-0.2, 0) is 13.0 Å². The van der Waals surface area contributed by atoms with Crippen molar-refractivity contribution in [1.29, 1.82) is 0 Å². The number of halogens is 2. The number of nitrogens with zero attached hydrogens (tertiary/aromatic N) is 3. The number of amides is 1. The third kappa shape index (κ3) is 3.94. The van der Waals surface area contributed by atoms with Gasteiger partial charge in [-0.2, -0.15) is 0 Å². The Kier molecular flexibility index (Phi) is 5.41. The third-order valence-electron chi connectivity index (χ3n) is 6.50. The van der Waals surface area contributed by atoms with Gasteiger partial charge >= 0.3 is 5.76 Å². The smallest absolute Gasteiger partial charge is 0.439 e. The zero-order valence-electron chi connectivity index (χ0n) is 19.9. The number of carbonyl (C=O) groups is 1. The van der Waals surface area contributed by atoms with Gasteiger partial charge in [0.15, 0.2) is 11.5 Å². The lowest BCUT2D eigenvalue weighted by atomic mass is 9.89. The number of fused-ring (bicyclic) bond motifs is 3. The fraction of sp³-hybridized carbons (Fsp3) is 0.111. The summed E-state index contributed by atoms with van der Waals surface area (Å²) in [6, 6.07) is 12.4. The number of pyridine rings is 1. The van der Waals surface area contributed by atoms with Gasteiger partial charge in [-0.3, -0.25) is 14.3 Å². The van der Waals surface area contributed by atoms with Crippen LogP contribution >= 0.6 is 0 Å². The van der Waals surface area contributed by atoms with E-state index in [2.05, 4.69) is 15.1 Å². The maximum absolute atomic E-state index is 14.1. The van der Waals surface area contributed by atoms with E-state index >= 15 is 0 Å². The lowest BCUT2D eigenvalue weighted by molar-refractivity contribution is 0.0995. The lowest BCUT2D eigenvalue weighted by Gasteiger charge is -2.14. The first kappa shape index (κ1) is 23.3. The molecule has 0 aliphatic carbocycles. The molecule has 4 heterocycles. The van der Waals surface area contributed by atoms with E-state index in [4.69, 9.17) is 15.0 Å². The number of aromatic amines is 1. The standard InChI is InChI=1S/C27H19F2N5O4/c1-13(26-32-27(36)38-33-26)23-18-4-2-14(8-15(18)12-37-21-10-16(28)3-5-19(21)23)9-20-24(25(30)35)31-22-11-17(29)6-7-34(20)22/h2-8,10-11H,9,12H2,1H3,(H2,30,35)(H,32,33,36). The Morgan fingerprint density at radius 3 is 2.66 bits per heavy atom. The van der Waals surface area contributed by atoms with Crippen LogP contribution in [0.4, 0.5) is 8.78 Å². The summed E-state index contributed by atoms with van der Waals surface area (Å²) in [6.45, 7) is 1.91. The number of nitrogens with two attached hydrogens (primary N) is 1. The van der Waals surface area contributed by atoms with Gasteiger partial charge in [0.2, 0.25) is 0 Å². The van der Waals surface area contributed by atoms with Crippen molar-refractivity contribution in [2.45, 2.75) is 20.0 Å². The number of H-pyrrole nitrogens is 1. The molecule has 5 aromatic rings. The molecule has 0 fully saturated rings. The molecular weight excluding hydrogens is 496 g/mol. The topological polar surface area (TPSA) is 129 Å². The summed E-state index contributed by atoms with van der Waals surface area (Å²) in [6.07, 6.45) is 1.77. The first-order valence-electron chi connectivity index (χ1n) is 11.6. The summed E-state index contributed by atoms with van der Waals surface area (Å²) in [5.74, 6) is -1.78. The molecule has 38 heavy (non-hydrogen) atoms.